The zero-order valence-electron chi connectivity index (χ0n) is 9.15. The summed E-state index contributed by atoms with van der Waals surface area (Å²) in [6.07, 6.45) is 3.84. The molecule has 1 aromatic heterocycles. The van der Waals surface area contributed by atoms with Gasteiger partial charge in [-0.05, 0) is 32.5 Å². The number of rotatable bonds is 3. The second-order valence-electron chi connectivity index (χ2n) is 4.08. The Balaban J connectivity index is 2.01. The van der Waals surface area contributed by atoms with Crippen molar-refractivity contribution in [2.24, 2.45) is 0 Å². The molecule has 0 aromatic carbocycles. The molecule has 4 nitrogen and oxygen atoms in total. The van der Waals surface area contributed by atoms with Gasteiger partial charge in [0, 0.05) is 11.5 Å². The van der Waals surface area contributed by atoms with Gasteiger partial charge in [-0.15, -0.1) is 0 Å². The molecule has 1 aliphatic heterocycles. The van der Waals surface area contributed by atoms with Crippen LogP contribution in [0, 0.1) is 0 Å². The third kappa shape index (κ3) is 2.21. The van der Waals surface area contributed by atoms with E-state index < -0.39 is 0 Å². The van der Waals surface area contributed by atoms with E-state index in [1.54, 1.807) is 6.20 Å². The molecule has 0 spiro atoms. The SMILES string of the molecule is CCN1CCC(c2oncc2CO)CC1. The molecule has 0 atom stereocenters. The van der Waals surface area contributed by atoms with Crippen molar-refractivity contribution in [1.82, 2.24) is 10.1 Å². The van der Waals surface area contributed by atoms with Gasteiger partial charge in [0.2, 0.25) is 0 Å². The van der Waals surface area contributed by atoms with Gasteiger partial charge in [0.15, 0.2) is 0 Å². The van der Waals surface area contributed by atoms with Gasteiger partial charge in [-0.1, -0.05) is 12.1 Å². The Hall–Kier alpha value is -0.870. The van der Waals surface area contributed by atoms with Crippen molar-refractivity contribution in [2.75, 3.05) is 19.6 Å². The van der Waals surface area contributed by atoms with Crippen molar-refractivity contribution in [3.8, 4) is 0 Å². The lowest BCUT2D eigenvalue weighted by atomic mass is 9.92. The quantitative estimate of drug-likeness (QED) is 0.818. The number of piperidine rings is 1. The highest BCUT2D eigenvalue weighted by Gasteiger charge is 2.24. The van der Waals surface area contributed by atoms with E-state index in [-0.39, 0.29) is 6.61 Å². The highest BCUT2D eigenvalue weighted by molar-refractivity contribution is 5.17. The molecule has 1 fully saturated rings. The fraction of sp³-hybridized carbons (Fsp3) is 0.727. The van der Waals surface area contributed by atoms with E-state index in [0.717, 1.165) is 43.8 Å². The predicted molar refractivity (Wildman–Crippen MR) is 56.5 cm³/mol. The molecule has 1 aliphatic rings. The highest BCUT2D eigenvalue weighted by Crippen LogP contribution is 2.30. The van der Waals surface area contributed by atoms with E-state index in [0.29, 0.717) is 5.92 Å². The molecule has 1 aromatic rings. The number of hydrogen-bond acceptors (Lipinski definition) is 4. The molecule has 15 heavy (non-hydrogen) atoms. The molecule has 1 N–H and O–H groups in total. The van der Waals surface area contributed by atoms with Crippen molar-refractivity contribution >= 4 is 0 Å². The summed E-state index contributed by atoms with van der Waals surface area (Å²) < 4.78 is 5.24. The number of aromatic nitrogens is 1. The number of nitrogens with zero attached hydrogens (tertiary/aromatic N) is 2. The lowest BCUT2D eigenvalue weighted by molar-refractivity contribution is 0.201. The van der Waals surface area contributed by atoms with Crippen molar-refractivity contribution in [3.05, 3.63) is 17.5 Å². The molecule has 84 valence electrons. The van der Waals surface area contributed by atoms with Crippen molar-refractivity contribution in [1.29, 1.82) is 0 Å². The minimum absolute atomic E-state index is 0.0345. The van der Waals surface area contributed by atoms with E-state index in [1.807, 2.05) is 0 Å². The number of likely N-dealkylation sites (tertiary alicyclic amines) is 1. The van der Waals surface area contributed by atoms with Crippen LogP contribution in [-0.2, 0) is 6.61 Å². The van der Waals surface area contributed by atoms with Crippen LogP contribution >= 0.6 is 0 Å². The fourth-order valence-corrected chi connectivity index (χ4v) is 2.24. The van der Waals surface area contributed by atoms with Gasteiger partial charge in [0.25, 0.3) is 0 Å². The van der Waals surface area contributed by atoms with Crippen LogP contribution in [0.4, 0.5) is 0 Å². The summed E-state index contributed by atoms with van der Waals surface area (Å²) in [6.45, 7) is 5.58. The molecule has 0 radical (unpaired) electrons. The zero-order chi connectivity index (χ0) is 10.7. The van der Waals surface area contributed by atoms with Gasteiger partial charge in [-0.3, -0.25) is 0 Å². The molecule has 0 unspecified atom stereocenters. The van der Waals surface area contributed by atoms with Crippen molar-refractivity contribution < 1.29 is 9.63 Å². The molecule has 2 heterocycles. The van der Waals surface area contributed by atoms with Gasteiger partial charge in [-0.2, -0.15) is 0 Å². The molecular weight excluding hydrogens is 192 g/mol. The standard InChI is InChI=1S/C11H18N2O2/c1-2-13-5-3-9(4-6-13)11-10(8-14)7-12-15-11/h7,9,14H,2-6,8H2,1H3. The van der Waals surface area contributed by atoms with Crippen LogP contribution in [0.1, 0.15) is 37.0 Å². The number of aliphatic hydroxyl groups excluding tert-OH is 1. The summed E-state index contributed by atoms with van der Waals surface area (Å²) in [4.78, 5) is 2.44. The topological polar surface area (TPSA) is 49.5 Å². The van der Waals surface area contributed by atoms with Crippen LogP contribution in [-0.4, -0.2) is 34.8 Å². The third-order valence-corrected chi connectivity index (χ3v) is 3.25. The lowest BCUT2D eigenvalue weighted by Gasteiger charge is -2.29. The third-order valence-electron chi connectivity index (χ3n) is 3.25. The van der Waals surface area contributed by atoms with Crippen LogP contribution in [0.3, 0.4) is 0 Å². The van der Waals surface area contributed by atoms with E-state index in [1.165, 1.54) is 0 Å². The first-order chi connectivity index (χ1) is 7.35. The Morgan fingerprint density at radius 2 is 2.27 bits per heavy atom. The molecule has 4 heteroatoms. The first-order valence-corrected chi connectivity index (χ1v) is 5.61. The minimum Gasteiger partial charge on any atom is -0.391 e. The Labute approximate surface area is 89.9 Å². The number of hydrogen-bond donors (Lipinski definition) is 1. The first kappa shape index (κ1) is 10.6. The Bertz CT molecular complexity index is 303. The molecule has 1 saturated heterocycles. The molecule has 2 rings (SSSR count). The van der Waals surface area contributed by atoms with Crippen molar-refractivity contribution in [2.45, 2.75) is 32.3 Å². The molecule has 0 bridgehead atoms. The maximum atomic E-state index is 9.13. The lowest BCUT2D eigenvalue weighted by Crippen LogP contribution is -2.32. The van der Waals surface area contributed by atoms with E-state index >= 15 is 0 Å². The second kappa shape index (κ2) is 4.77. The summed E-state index contributed by atoms with van der Waals surface area (Å²) >= 11 is 0. The van der Waals surface area contributed by atoms with Gasteiger partial charge < -0.3 is 14.5 Å². The first-order valence-electron chi connectivity index (χ1n) is 5.61. The van der Waals surface area contributed by atoms with E-state index in [9.17, 15) is 0 Å². The normalized spacial score (nSPS) is 19.6. The average Bonchev–Trinajstić information content (AvgIpc) is 2.77. The average molecular weight is 210 g/mol. The maximum Gasteiger partial charge on any atom is 0.145 e. The van der Waals surface area contributed by atoms with Crippen molar-refractivity contribution in [3.63, 3.8) is 0 Å². The summed E-state index contributed by atoms with van der Waals surface area (Å²) in [6, 6.07) is 0. The fourth-order valence-electron chi connectivity index (χ4n) is 2.24. The maximum absolute atomic E-state index is 9.13. The van der Waals surface area contributed by atoms with Crippen LogP contribution in [0.15, 0.2) is 10.7 Å². The predicted octanol–water partition coefficient (Wildman–Crippen LogP) is 1.37. The van der Waals surface area contributed by atoms with Crippen LogP contribution < -0.4 is 0 Å². The Kier molecular flexibility index (Phi) is 3.38. The minimum atomic E-state index is 0.0345. The monoisotopic (exact) mass is 210 g/mol. The summed E-state index contributed by atoms with van der Waals surface area (Å²) in [7, 11) is 0. The molecule has 0 aliphatic carbocycles. The summed E-state index contributed by atoms with van der Waals surface area (Å²) in [5.41, 5.74) is 0.852. The van der Waals surface area contributed by atoms with Crippen LogP contribution in [0.2, 0.25) is 0 Å². The Morgan fingerprint density at radius 1 is 1.53 bits per heavy atom. The van der Waals surface area contributed by atoms with Gasteiger partial charge in [-0.25, -0.2) is 0 Å². The van der Waals surface area contributed by atoms with Gasteiger partial charge in [0.05, 0.1) is 12.8 Å². The van der Waals surface area contributed by atoms with Gasteiger partial charge >= 0.3 is 0 Å². The smallest absolute Gasteiger partial charge is 0.145 e. The zero-order valence-corrected chi connectivity index (χ0v) is 9.15. The second-order valence-corrected chi connectivity index (χ2v) is 4.08. The summed E-state index contributed by atoms with van der Waals surface area (Å²) in [5, 5.41) is 12.9. The molecule has 0 amide bonds. The largest absolute Gasteiger partial charge is 0.391 e. The van der Waals surface area contributed by atoms with E-state index in [4.69, 9.17) is 9.63 Å². The van der Waals surface area contributed by atoms with Crippen LogP contribution in [0.5, 0.6) is 0 Å². The Morgan fingerprint density at radius 3 is 2.87 bits per heavy atom. The highest BCUT2D eigenvalue weighted by atomic mass is 16.5. The van der Waals surface area contributed by atoms with E-state index in [2.05, 4.69) is 17.0 Å². The summed E-state index contributed by atoms with van der Waals surface area (Å²) in [5.74, 6) is 1.34. The van der Waals surface area contributed by atoms with Gasteiger partial charge in [0.1, 0.15) is 5.76 Å². The number of aliphatic hydroxyl groups is 1. The molecular formula is C11H18N2O2. The molecule has 0 saturated carbocycles. The van der Waals surface area contributed by atoms with Crippen LogP contribution in [0.25, 0.3) is 0 Å².